The van der Waals surface area contributed by atoms with Gasteiger partial charge in [-0.3, -0.25) is 0 Å². The molecule has 0 aliphatic heterocycles. The van der Waals surface area contributed by atoms with E-state index in [-0.39, 0.29) is 12.4 Å². The smallest absolute Gasteiger partial charge is 0.255 e. The molecule has 1 aromatic heterocycles. The van der Waals surface area contributed by atoms with Crippen LogP contribution in [0.5, 0.6) is 5.75 Å². The standard InChI is InChI=1S/C12H8Cl2FNO/c13-9-4-1-3-8(11(9)14)7-17-10-5-2-6-16-12(10)15/h1-6H,7H2. The second kappa shape index (κ2) is 5.34. The second-order valence-corrected chi connectivity index (χ2v) is 4.08. The number of ether oxygens (including phenoxy) is 1. The Bertz CT molecular complexity index is 534. The minimum absolute atomic E-state index is 0.0866. The Kier molecular flexibility index (Phi) is 3.82. The summed E-state index contributed by atoms with van der Waals surface area (Å²) in [4.78, 5) is 3.48. The van der Waals surface area contributed by atoms with Gasteiger partial charge in [0.05, 0.1) is 10.0 Å². The SMILES string of the molecule is Fc1ncccc1OCc1cccc(Cl)c1Cl. The third-order valence-electron chi connectivity index (χ3n) is 2.14. The molecule has 0 aliphatic carbocycles. The first-order chi connectivity index (χ1) is 8.18. The molecule has 0 amide bonds. The monoisotopic (exact) mass is 271 g/mol. The molecule has 0 saturated carbocycles. The Hall–Kier alpha value is -1.32. The summed E-state index contributed by atoms with van der Waals surface area (Å²) in [5, 5.41) is 0.859. The van der Waals surface area contributed by atoms with Crippen molar-refractivity contribution in [3.05, 3.63) is 58.1 Å². The van der Waals surface area contributed by atoms with Crippen LogP contribution in [0, 0.1) is 5.95 Å². The van der Waals surface area contributed by atoms with Crippen molar-refractivity contribution < 1.29 is 9.13 Å². The Morgan fingerprint density at radius 2 is 2.00 bits per heavy atom. The predicted octanol–water partition coefficient (Wildman–Crippen LogP) is 4.11. The molecule has 1 aromatic carbocycles. The fourth-order valence-electron chi connectivity index (χ4n) is 1.29. The van der Waals surface area contributed by atoms with Gasteiger partial charge in [0.2, 0.25) is 0 Å². The van der Waals surface area contributed by atoms with E-state index >= 15 is 0 Å². The highest BCUT2D eigenvalue weighted by Gasteiger charge is 2.07. The van der Waals surface area contributed by atoms with Gasteiger partial charge in [0, 0.05) is 11.8 Å². The highest BCUT2D eigenvalue weighted by atomic mass is 35.5. The van der Waals surface area contributed by atoms with E-state index in [1.807, 2.05) is 0 Å². The fraction of sp³-hybridized carbons (Fsp3) is 0.0833. The third-order valence-corrected chi connectivity index (χ3v) is 3.00. The Labute approximate surface area is 108 Å². The Morgan fingerprint density at radius 1 is 1.18 bits per heavy atom. The zero-order chi connectivity index (χ0) is 12.3. The lowest BCUT2D eigenvalue weighted by Gasteiger charge is -2.08. The zero-order valence-corrected chi connectivity index (χ0v) is 10.2. The molecule has 0 radical (unpaired) electrons. The summed E-state index contributed by atoms with van der Waals surface area (Å²) in [7, 11) is 0. The van der Waals surface area contributed by atoms with Gasteiger partial charge in [0.15, 0.2) is 5.75 Å². The molecule has 0 unspecified atom stereocenters. The quantitative estimate of drug-likeness (QED) is 0.784. The highest BCUT2D eigenvalue weighted by molar-refractivity contribution is 6.42. The molecule has 5 heteroatoms. The number of aromatic nitrogens is 1. The first-order valence-corrected chi connectivity index (χ1v) is 5.60. The molecule has 17 heavy (non-hydrogen) atoms. The molecule has 2 nitrogen and oxygen atoms in total. The molecule has 2 aromatic rings. The van der Waals surface area contributed by atoms with Crippen LogP contribution in [0.15, 0.2) is 36.5 Å². The van der Waals surface area contributed by atoms with Crippen molar-refractivity contribution in [2.45, 2.75) is 6.61 Å². The Morgan fingerprint density at radius 3 is 2.76 bits per heavy atom. The van der Waals surface area contributed by atoms with E-state index in [1.54, 1.807) is 24.3 Å². The van der Waals surface area contributed by atoms with Gasteiger partial charge in [-0.2, -0.15) is 4.39 Å². The van der Waals surface area contributed by atoms with E-state index in [0.29, 0.717) is 15.6 Å². The van der Waals surface area contributed by atoms with Crippen molar-refractivity contribution in [1.82, 2.24) is 4.98 Å². The van der Waals surface area contributed by atoms with Gasteiger partial charge < -0.3 is 4.74 Å². The maximum absolute atomic E-state index is 13.2. The summed E-state index contributed by atoms with van der Waals surface area (Å²) in [5.74, 6) is -0.561. The van der Waals surface area contributed by atoms with E-state index in [4.69, 9.17) is 27.9 Å². The van der Waals surface area contributed by atoms with Crippen LogP contribution in [0.2, 0.25) is 10.0 Å². The molecule has 88 valence electrons. The van der Waals surface area contributed by atoms with E-state index in [2.05, 4.69) is 4.98 Å². The molecular formula is C12H8Cl2FNO. The first kappa shape index (κ1) is 12.1. The molecule has 0 spiro atoms. The second-order valence-electron chi connectivity index (χ2n) is 3.29. The van der Waals surface area contributed by atoms with Gasteiger partial charge in [-0.25, -0.2) is 4.98 Å². The molecule has 0 bridgehead atoms. The molecule has 0 saturated heterocycles. The molecule has 2 rings (SSSR count). The third kappa shape index (κ3) is 2.87. The van der Waals surface area contributed by atoms with Crippen LogP contribution < -0.4 is 4.74 Å². The molecule has 0 aliphatic rings. The van der Waals surface area contributed by atoms with Crippen molar-refractivity contribution in [1.29, 1.82) is 0 Å². The number of hydrogen-bond acceptors (Lipinski definition) is 2. The molecule has 1 heterocycles. The number of pyridine rings is 1. The van der Waals surface area contributed by atoms with Gasteiger partial charge in [-0.15, -0.1) is 0 Å². The zero-order valence-electron chi connectivity index (χ0n) is 8.66. The summed E-state index contributed by atoms with van der Waals surface area (Å²) in [6, 6.07) is 8.30. The van der Waals surface area contributed by atoms with Crippen LogP contribution in [0.3, 0.4) is 0 Å². The molecular weight excluding hydrogens is 264 g/mol. The van der Waals surface area contributed by atoms with Gasteiger partial charge in [-0.1, -0.05) is 35.3 Å². The van der Waals surface area contributed by atoms with E-state index in [1.165, 1.54) is 12.3 Å². The normalized spacial score (nSPS) is 10.3. The lowest BCUT2D eigenvalue weighted by Crippen LogP contribution is -1.99. The van der Waals surface area contributed by atoms with E-state index in [0.717, 1.165) is 0 Å². The van der Waals surface area contributed by atoms with Crippen molar-refractivity contribution >= 4 is 23.2 Å². The molecule has 0 atom stereocenters. The lowest BCUT2D eigenvalue weighted by atomic mass is 10.2. The van der Waals surface area contributed by atoms with Crippen molar-refractivity contribution in [3.8, 4) is 5.75 Å². The predicted molar refractivity (Wildman–Crippen MR) is 65.0 cm³/mol. The van der Waals surface area contributed by atoms with Crippen LogP contribution in [-0.2, 0) is 6.61 Å². The van der Waals surface area contributed by atoms with Gasteiger partial charge >= 0.3 is 0 Å². The largest absolute Gasteiger partial charge is 0.484 e. The minimum Gasteiger partial charge on any atom is -0.484 e. The van der Waals surface area contributed by atoms with Crippen LogP contribution in [0.25, 0.3) is 0 Å². The van der Waals surface area contributed by atoms with Crippen LogP contribution in [0.1, 0.15) is 5.56 Å². The fourth-order valence-corrected chi connectivity index (χ4v) is 1.67. The van der Waals surface area contributed by atoms with Gasteiger partial charge in [0.25, 0.3) is 5.95 Å². The van der Waals surface area contributed by atoms with Crippen molar-refractivity contribution in [2.24, 2.45) is 0 Å². The number of benzene rings is 1. The van der Waals surface area contributed by atoms with Gasteiger partial charge in [0.1, 0.15) is 6.61 Å². The maximum Gasteiger partial charge on any atom is 0.255 e. The van der Waals surface area contributed by atoms with Crippen LogP contribution >= 0.6 is 23.2 Å². The van der Waals surface area contributed by atoms with Crippen LogP contribution in [0.4, 0.5) is 4.39 Å². The maximum atomic E-state index is 13.2. The number of halogens is 3. The highest BCUT2D eigenvalue weighted by Crippen LogP contribution is 2.26. The summed E-state index contributed by atoms with van der Waals surface area (Å²) in [6.07, 6.45) is 1.36. The first-order valence-electron chi connectivity index (χ1n) is 4.84. The van der Waals surface area contributed by atoms with E-state index < -0.39 is 5.95 Å². The Balaban J connectivity index is 2.13. The molecule has 0 N–H and O–H groups in total. The van der Waals surface area contributed by atoms with Crippen molar-refractivity contribution in [2.75, 3.05) is 0 Å². The summed E-state index contributed by atoms with van der Waals surface area (Å²) in [6.45, 7) is 0.141. The summed E-state index contributed by atoms with van der Waals surface area (Å²) < 4.78 is 18.5. The van der Waals surface area contributed by atoms with Crippen molar-refractivity contribution in [3.63, 3.8) is 0 Å². The molecule has 0 fully saturated rings. The number of hydrogen-bond donors (Lipinski definition) is 0. The number of nitrogens with zero attached hydrogens (tertiary/aromatic N) is 1. The number of rotatable bonds is 3. The topological polar surface area (TPSA) is 22.1 Å². The lowest BCUT2D eigenvalue weighted by molar-refractivity contribution is 0.286. The average Bonchev–Trinajstić information content (AvgIpc) is 2.33. The minimum atomic E-state index is -0.648. The van der Waals surface area contributed by atoms with E-state index in [9.17, 15) is 4.39 Å². The summed E-state index contributed by atoms with van der Waals surface area (Å²) >= 11 is 11.8. The average molecular weight is 272 g/mol. The van der Waals surface area contributed by atoms with Crippen LogP contribution in [-0.4, -0.2) is 4.98 Å². The van der Waals surface area contributed by atoms with Gasteiger partial charge in [-0.05, 0) is 18.2 Å². The summed E-state index contributed by atoms with van der Waals surface area (Å²) in [5.41, 5.74) is 0.697.